The SMILES string of the molecule is CCCc1nc(S/C(=C\c2cc(OC)c(OC)cc2OC)C(=O)O)n[nH]1. The molecular weight excluding hydrogens is 358 g/mol. The molecule has 1 heterocycles. The van der Waals surface area contributed by atoms with Gasteiger partial charge in [-0.05, 0) is 30.3 Å². The molecule has 140 valence electrons. The first-order chi connectivity index (χ1) is 12.5. The molecule has 0 saturated carbocycles. The van der Waals surface area contributed by atoms with E-state index in [2.05, 4.69) is 15.2 Å². The van der Waals surface area contributed by atoms with Crippen molar-refractivity contribution in [3.8, 4) is 17.2 Å². The number of carboxylic acid groups (broad SMARTS) is 1. The number of nitrogens with zero attached hydrogens (tertiary/aromatic N) is 2. The van der Waals surface area contributed by atoms with Gasteiger partial charge < -0.3 is 19.3 Å². The van der Waals surface area contributed by atoms with Crippen molar-refractivity contribution >= 4 is 23.8 Å². The van der Waals surface area contributed by atoms with Crippen molar-refractivity contribution in [3.05, 3.63) is 28.4 Å². The zero-order valence-corrected chi connectivity index (χ0v) is 15.8. The number of H-pyrrole nitrogens is 1. The van der Waals surface area contributed by atoms with Crippen molar-refractivity contribution in [1.82, 2.24) is 15.2 Å². The molecule has 0 unspecified atom stereocenters. The van der Waals surface area contributed by atoms with Crippen LogP contribution in [-0.2, 0) is 11.2 Å². The number of hydrogen-bond acceptors (Lipinski definition) is 7. The lowest BCUT2D eigenvalue weighted by Crippen LogP contribution is -1.99. The number of ether oxygens (including phenoxy) is 3. The topological polar surface area (TPSA) is 107 Å². The van der Waals surface area contributed by atoms with Gasteiger partial charge in [0.25, 0.3) is 0 Å². The summed E-state index contributed by atoms with van der Waals surface area (Å²) in [5.74, 6) is 1.06. The van der Waals surface area contributed by atoms with Gasteiger partial charge in [-0.1, -0.05) is 6.92 Å². The molecular formula is C17H21N3O5S. The van der Waals surface area contributed by atoms with Crippen molar-refractivity contribution in [1.29, 1.82) is 0 Å². The van der Waals surface area contributed by atoms with E-state index in [4.69, 9.17) is 14.2 Å². The summed E-state index contributed by atoms with van der Waals surface area (Å²) < 4.78 is 15.8. The van der Waals surface area contributed by atoms with Crippen LogP contribution in [-0.4, -0.2) is 47.6 Å². The number of thioether (sulfide) groups is 1. The summed E-state index contributed by atoms with van der Waals surface area (Å²) in [5.41, 5.74) is 0.541. The smallest absolute Gasteiger partial charge is 0.342 e. The third-order valence-corrected chi connectivity index (χ3v) is 4.31. The molecule has 1 aromatic heterocycles. The molecule has 0 saturated heterocycles. The molecule has 0 fully saturated rings. The third-order valence-electron chi connectivity index (χ3n) is 3.43. The maximum absolute atomic E-state index is 11.7. The molecule has 0 radical (unpaired) electrons. The van der Waals surface area contributed by atoms with Crippen LogP contribution in [0.15, 0.2) is 22.2 Å². The highest BCUT2D eigenvalue weighted by atomic mass is 32.2. The number of aliphatic carboxylic acids is 1. The maximum Gasteiger partial charge on any atom is 0.342 e. The van der Waals surface area contributed by atoms with Gasteiger partial charge in [-0.3, -0.25) is 5.10 Å². The van der Waals surface area contributed by atoms with Crippen molar-refractivity contribution in [3.63, 3.8) is 0 Å². The van der Waals surface area contributed by atoms with Crippen molar-refractivity contribution < 1.29 is 24.1 Å². The number of benzene rings is 1. The summed E-state index contributed by atoms with van der Waals surface area (Å²) >= 11 is 0.961. The van der Waals surface area contributed by atoms with Gasteiger partial charge >= 0.3 is 5.97 Å². The number of aromatic nitrogens is 3. The maximum atomic E-state index is 11.7. The predicted molar refractivity (Wildman–Crippen MR) is 97.9 cm³/mol. The van der Waals surface area contributed by atoms with Gasteiger partial charge in [-0.15, -0.1) is 5.10 Å². The average Bonchev–Trinajstić information content (AvgIpc) is 3.08. The van der Waals surface area contributed by atoms with Crippen LogP contribution in [0.3, 0.4) is 0 Å². The Morgan fingerprint density at radius 1 is 1.19 bits per heavy atom. The number of carboxylic acids is 1. The minimum Gasteiger partial charge on any atom is -0.496 e. The minimum absolute atomic E-state index is 0.0533. The van der Waals surface area contributed by atoms with Crippen molar-refractivity contribution in [2.75, 3.05) is 21.3 Å². The van der Waals surface area contributed by atoms with E-state index in [1.807, 2.05) is 6.92 Å². The van der Waals surface area contributed by atoms with E-state index in [-0.39, 0.29) is 4.91 Å². The lowest BCUT2D eigenvalue weighted by atomic mass is 10.1. The zero-order valence-electron chi connectivity index (χ0n) is 15.0. The lowest BCUT2D eigenvalue weighted by Gasteiger charge is -2.12. The standard InChI is InChI=1S/C17H21N3O5S/c1-5-6-15-18-17(20-19-15)26-14(16(21)22)8-10-7-12(24-3)13(25-4)9-11(10)23-2/h7-9H,5-6H2,1-4H3,(H,21,22)(H,18,19,20)/b14-8-. The number of nitrogens with one attached hydrogen (secondary N) is 1. The Morgan fingerprint density at radius 2 is 1.85 bits per heavy atom. The fraction of sp³-hybridized carbons (Fsp3) is 0.353. The molecule has 2 aromatic rings. The number of hydrogen-bond donors (Lipinski definition) is 2. The summed E-state index contributed by atoms with van der Waals surface area (Å²) in [6, 6.07) is 3.29. The van der Waals surface area contributed by atoms with Crippen molar-refractivity contribution in [2.45, 2.75) is 24.9 Å². The second-order valence-electron chi connectivity index (χ2n) is 5.18. The Labute approximate surface area is 155 Å². The Bertz CT molecular complexity index is 804. The van der Waals surface area contributed by atoms with E-state index in [9.17, 15) is 9.90 Å². The molecule has 0 amide bonds. The number of methoxy groups -OCH3 is 3. The quantitative estimate of drug-likeness (QED) is 0.506. The van der Waals surface area contributed by atoms with E-state index in [1.165, 1.54) is 27.4 Å². The fourth-order valence-corrected chi connectivity index (χ4v) is 2.93. The predicted octanol–water partition coefficient (Wildman–Crippen LogP) is 3.00. The van der Waals surface area contributed by atoms with Crippen LogP contribution >= 0.6 is 11.8 Å². The normalized spacial score (nSPS) is 11.3. The van der Waals surface area contributed by atoms with Crippen LogP contribution < -0.4 is 14.2 Å². The van der Waals surface area contributed by atoms with Crippen molar-refractivity contribution in [2.24, 2.45) is 0 Å². The van der Waals surface area contributed by atoms with Gasteiger partial charge in [0.05, 0.1) is 21.3 Å². The van der Waals surface area contributed by atoms with Gasteiger partial charge in [-0.2, -0.15) is 0 Å². The molecule has 0 bridgehead atoms. The number of aromatic amines is 1. The number of aryl methyl sites for hydroxylation is 1. The molecule has 0 atom stereocenters. The summed E-state index contributed by atoms with van der Waals surface area (Å²) in [6.45, 7) is 2.03. The first kappa shape index (κ1) is 19.6. The molecule has 9 heteroatoms. The lowest BCUT2D eigenvalue weighted by molar-refractivity contribution is -0.131. The first-order valence-corrected chi connectivity index (χ1v) is 8.68. The summed E-state index contributed by atoms with van der Waals surface area (Å²) in [5, 5.41) is 16.8. The van der Waals surface area contributed by atoms with Gasteiger partial charge in [0, 0.05) is 18.1 Å². The van der Waals surface area contributed by atoms with Crippen LogP contribution in [0.2, 0.25) is 0 Å². The molecule has 1 aromatic carbocycles. The van der Waals surface area contributed by atoms with E-state index >= 15 is 0 Å². The first-order valence-electron chi connectivity index (χ1n) is 7.86. The third kappa shape index (κ3) is 4.69. The molecule has 2 N–H and O–H groups in total. The van der Waals surface area contributed by atoms with Crippen LogP contribution in [0.1, 0.15) is 24.7 Å². The second kappa shape index (κ2) is 9.14. The number of carbonyl (C=O) groups is 1. The summed E-state index contributed by atoms with van der Waals surface area (Å²) in [7, 11) is 4.52. The van der Waals surface area contributed by atoms with Gasteiger partial charge in [0.2, 0.25) is 5.16 Å². The molecule has 0 aliphatic rings. The number of rotatable bonds is 9. The second-order valence-corrected chi connectivity index (χ2v) is 6.19. The molecule has 0 spiro atoms. The fourth-order valence-electron chi connectivity index (χ4n) is 2.21. The van der Waals surface area contributed by atoms with E-state index in [1.54, 1.807) is 12.1 Å². The van der Waals surface area contributed by atoms with E-state index < -0.39 is 5.97 Å². The van der Waals surface area contributed by atoms with Crippen LogP contribution in [0.25, 0.3) is 6.08 Å². The Balaban J connectivity index is 2.39. The molecule has 2 rings (SSSR count). The van der Waals surface area contributed by atoms with E-state index in [0.29, 0.717) is 28.0 Å². The highest BCUT2D eigenvalue weighted by Crippen LogP contribution is 2.37. The van der Waals surface area contributed by atoms with Gasteiger partial charge in [0.1, 0.15) is 16.5 Å². The Kier molecular flexibility index (Phi) is 6.90. The molecule has 8 nitrogen and oxygen atoms in total. The van der Waals surface area contributed by atoms with Crippen LogP contribution in [0.5, 0.6) is 17.2 Å². The average molecular weight is 379 g/mol. The summed E-state index contributed by atoms with van der Waals surface area (Å²) in [4.78, 5) is 16.0. The minimum atomic E-state index is -1.09. The Morgan fingerprint density at radius 3 is 2.42 bits per heavy atom. The summed E-state index contributed by atoms with van der Waals surface area (Å²) in [6.07, 6.45) is 3.16. The molecule has 26 heavy (non-hydrogen) atoms. The molecule has 0 aliphatic carbocycles. The van der Waals surface area contributed by atoms with Crippen LogP contribution in [0, 0.1) is 0 Å². The monoisotopic (exact) mass is 379 g/mol. The zero-order chi connectivity index (χ0) is 19.1. The molecule has 0 aliphatic heterocycles. The van der Waals surface area contributed by atoms with E-state index in [0.717, 1.165) is 30.4 Å². The highest BCUT2D eigenvalue weighted by molar-refractivity contribution is 8.04. The van der Waals surface area contributed by atoms with Crippen LogP contribution in [0.4, 0.5) is 0 Å². The largest absolute Gasteiger partial charge is 0.496 e. The van der Waals surface area contributed by atoms with Gasteiger partial charge in [0.15, 0.2) is 11.5 Å². The van der Waals surface area contributed by atoms with Gasteiger partial charge in [-0.25, -0.2) is 9.78 Å². The Hall–Kier alpha value is -2.68. The highest BCUT2D eigenvalue weighted by Gasteiger charge is 2.17.